The van der Waals surface area contributed by atoms with Gasteiger partial charge in [0.05, 0.1) is 20.0 Å². The molecular formula is C13H20O6S. The topological polar surface area (TPSA) is 89.9 Å². The summed E-state index contributed by atoms with van der Waals surface area (Å²) in [7, 11) is -2.33. The quantitative estimate of drug-likeness (QED) is 0.642. The van der Waals surface area contributed by atoms with Crippen LogP contribution in [0.3, 0.4) is 0 Å². The number of rotatable bonds is 5. The molecule has 1 atom stereocenters. The number of methoxy groups -OCH3 is 1. The second kappa shape index (κ2) is 9.46. The molecule has 1 aromatic carbocycles. The molecule has 20 heavy (non-hydrogen) atoms. The van der Waals surface area contributed by atoms with Crippen molar-refractivity contribution in [3.05, 3.63) is 35.9 Å². The Bertz CT molecular complexity index is 483. The fourth-order valence-corrected chi connectivity index (χ4v) is 1.70. The molecule has 0 aliphatic carbocycles. The van der Waals surface area contributed by atoms with Crippen molar-refractivity contribution in [2.24, 2.45) is 0 Å². The van der Waals surface area contributed by atoms with Crippen LogP contribution in [0.4, 0.5) is 0 Å². The first-order valence-corrected chi connectivity index (χ1v) is 7.75. The molecule has 0 aromatic heterocycles. The van der Waals surface area contributed by atoms with Crippen molar-refractivity contribution >= 4 is 16.1 Å². The van der Waals surface area contributed by atoms with Crippen LogP contribution in [0.5, 0.6) is 0 Å². The number of hydrogen-bond acceptors (Lipinski definition) is 6. The van der Waals surface area contributed by atoms with Gasteiger partial charge in [0.25, 0.3) is 10.1 Å². The van der Waals surface area contributed by atoms with Gasteiger partial charge in [0.2, 0.25) is 0 Å². The summed E-state index contributed by atoms with van der Waals surface area (Å²) in [4.78, 5) is 11.5. The molecule has 0 amide bonds. The van der Waals surface area contributed by atoms with E-state index in [0.717, 1.165) is 6.26 Å². The average Bonchev–Trinajstić information content (AvgIpc) is 2.39. The van der Waals surface area contributed by atoms with E-state index in [4.69, 9.17) is 5.11 Å². The van der Waals surface area contributed by atoms with Gasteiger partial charge in [-0.15, -0.1) is 0 Å². The van der Waals surface area contributed by atoms with Crippen molar-refractivity contribution in [3.63, 3.8) is 0 Å². The minimum absolute atomic E-state index is 0.250. The lowest BCUT2D eigenvalue weighted by Crippen LogP contribution is -2.21. The Morgan fingerprint density at radius 1 is 1.30 bits per heavy atom. The van der Waals surface area contributed by atoms with Crippen molar-refractivity contribution in [2.75, 3.05) is 26.6 Å². The van der Waals surface area contributed by atoms with Crippen LogP contribution in [0.2, 0.25) is 0 Å². The third-order valence-electron chi connectivity index (χ3n) is 2.14. The number of carbonyl (C=O) groups excluding carboxylic acids is 1. The lowest BCUT2D eigenvalue weighted by Gasteiger charge is -2.14. The number of benzene rings is 1. The van der Waals surface area contributed by atoms with E-state index < -0.39 is 22.0 Å². The van der Waals surface area contributed by atoms with Gasteiger partial charge in [-0.05, 0) is 12.5 Å². The Morgan fingerprint density at radius 3 is 2.20 bits per heavy atom. The highest BCUT2D eigenvalue weighted by Crippen LogP contribution is 2.18. The molecule has 1 aromatic rings. The number of carbonyl (C=O) groups is 1. The first-order valence-electron chi connectivity index (χ1n) is 5.93. The van der Waals surface area contributed by atoms with Crippen molar-refractivity contribution < 1.29 is 27.2 Å². The van der Waals surface area contributed by atoms with E-state index in [-0.39, 0.29) is 13.2 Å². The van der Waals surface area contributed by atoms with Gasteiger partial charge in [0, 0.05) is 6.61 Å². The Kier molecular flexibility index (Phi) is 8.78. The third-order valence-corrected chi connectivity index (χ3v) is 2.70. The zero-order valence-electron chi connectivity index (χ0n) is 11.8. The molecule has 6 nitrogen and oxygen atoms in total. The number of ether oxygens (including phenoxy) is 1. The molecule has 0 fully saturated rings. The normalized spacial score (nSPS) is 12.0. The lowest BCUT2D eigenvalue weighted by molar-refractivity contribution is -0.143. The first kappa shape index (κ1) is 18.6. The van der Waals surface area contributed by atoms with Crippen LogP contribution < -0.4 is 0 Å². The summed E-state index contributed by atoms with van der Waals surface area (Å²) < 4.78 is 31.1. The Labute approximate surface area is 119 Å². The van der Waals surface area contributed by atoms with Crippen LogP contribution in [0.25, 0.3) is 0 Å². The maximum Gasteiger partial charge on any atom is 0.315 e. The number of hydrogen-bond donors (Lipinski definition) is 1. The van der Waals surface area contributed by atoms with Crippen LogP contribution in [0.15, 0.2) is 30.3 Å². The van der Waals surface area contributed by atoms with Gasteiger partial charge in [-0.3, -0.25) is 8.98 Å². The largest absolute Gasteiger partial charge is 0.468 e. The molecule has 0 aliphatic heterocycles. The van der Waals surface area contributed by atoms with Crippen LogP contribution in [0, 0.1) is 0 Å². The number of aliphatic hydroxyl groups excluding tert-OH is 1. The van der Waals surface area contributed by atoms with E-state index in [9.17, 15) is 13.2 Å². The van der Waals surface area contributed by atoms with Crippen LogP contribution >= 0.6 is 0 Å². The average molecular weight is 304 g/mol. The lowest BCUT2D eigenvalue weighted by atomic mass is 10.0. The zero-order chi connectivity index (χ0) is 15.6. The van der Waals surface area contributed by atoms with Crippen LogP contribution in [0.1, 0.15) is 18.4 Å². The molecule has 1 unspecified atom stereocenters. The molecule has 0 heterocycles. The monoisotopic (exact) mass is 304 g/mol. The predicted octanol–water partition coefficient (Wildman–Crippen LogP) is 0.918. The fourth-order valence-electron chi connectivity index (χ4n) is 1.32. The number of esters is 1. The maximum absolute atomic E-state index is 11.5. The zero-order valence-corrected chi connectivity index (χ0v) is 12.6. The fraction of sp³-hybridized carbons (Fsp3) is 0.462. The maximum atomic E-state index is 11.5. The van der Waals surface area contributed by atoms with Gasteiger partial charge >= 0.3 is 5.97 Å². The van der Waals surface area contributed by atoms with Crippen molar-refractivity contribution in [1.82, 2.24) is 0 Å². The Balaban J connectivity index is 0.00000110. The third kappa shape index (κ3) is 7.88. The molecule has 1 N–H and O–H groups in total. The first-order chi connectivity index (χ1) is 9.35. The van der Waals surface area contributed by atoms with Gasteiger partial charge < -0.3 is 9.84 Å². The molecule has 1 rings (SSSR count). The van der Waals surface area contributed by atoms with Crippen LogP contribution in [-0.4, -0.2) is 46.1 Å². The molecule has 0 saturated carbocycles. The van der Waals surface area contributed by atoms with Gasteiger partial charge in [0.15, 0.2) is 0 Å². The molecule has 0 radical (unpaired) electrons. The van der Waals surface area contributed by atoms with Gasteiger partial charge in [-0.2, -0.15) is 8.42 Å². The van der Waals surface area contributed by atoms with Gasteiger partial charge in [-0.1, -0.05) is 30.3 Å². The van der Waals surface area contributed by atoms with E-state index in [2.05, 4.69) is 8.92 Å². The van der Waals surface area contributed by atoms with E-state index in [0.29, 0.717) is 5.56 Å². The molecule has 0 spiro atoms. The summed E-state index contributed by atoms with van der Waals surface area (Å²) in [6, 6.07) is 8.74. The summed E-state index contributed by atoms with van der Waals surface area (Å²) in [5.74, 6) is -1.27. The standard InChI is InChI=1S/C11H14O5S.C2H6O/c1-15-11(12)10(8-16-17(2,13)14)9-6-4-3-5-7-9;1-2-3/h3-7,10H,8H2,1-2H3;3H,2H2,1H3. The second-order valence-electron chi connectivity index (χ2n) is 3.79. The second-order valence-corrected chi connectivity index (χ2v) is 5.44. The van der Waals surface area contributed by atoms with Gasteiger partial charge in [0.1, 0.15) is 5.92 Å². The summed E-state index contributed by atoms with van der Waals surface area (Å²) in [5, 5.41) is 7.57. The Morgan fingerprint density at radius 2 is 1.80 bits per heavy atom. The summed E-state index contributed by atoms with van der Waals surface area (Å²) in [6.07, 6.45) is 0.937. The van der Waals surface area contributed by atoms with E-state index in [1.807, 2.05) is 0 Å². The van der Waals surface area contributed by atoms with Crippen molar-refractivity contribution in [2.45, 2.75) is 12.8 Å². The minimum Gasteiger partial charge on any atom is -0.468 e. The summed E-state index contributed by atoms with van der Waals surface area (Å²) in [6.45, 7) is 1.68. The number of aliphatic hydroxyl groups is 1. The minimum atomic E-state index is -3.58. The van der Waals surface area contributed by atoms with E-state index in [1.165, 1.54) is 7.11 Å². The highest BCUT2D eigenvalue weighted by atomic mass is 32.2. The predicted molar refractivity (Wildman–Crippen MR) is 74.8 cm³/mol. The highest BCUT2D eigenvalue weighted by Gasteiger charge is 2.23. The van der Waals surface area contributed by atoms with E-state index >= 15 is 0 Å². The van der Waals surface area contributed by atoms with Crippen molar-refractivity contribution in [1.29, 1.82) is 0 Å². The van der Waals surface area contributed by atoms with Gasteiger partial charge in [-0.25, -0.2) is 0 Å². The Hall–Kier alpha value is -1.44. The molecular weight excluding hydrogens is 284 g/mol. The molecule has 0 saturated heterocycles. The SMILES string of the molecule is CCO.COC(=O)C(COS(C)(=O)=O)c1ccccc1. The molecule has 7 heteroatoms. The molecule has 114 valence electrons. The smallest absolute Gasteiger partial charge is 0.315 e. The van der Waals surface area contributed by atoms with Crippen LogP contribution in [-0.2, 0) is 23.8 Å². The van der Waals surface area contributed by atoms with Crippen molar-refractivity contribution in [3.8, 4) is 0 Å². The highest BCUT2D eigenvalue weighted by molar-refractivity contribution is 7.85. The summed E-state index contributed by atoms with van der Waals surface area (Å²) >= 11 is 0. The molecule has 0 bridgehead atoms. The van der Waals surface area contributed by atoms with E-state index in [1.54, 1.807) is 37.3 Å². The summed E-state index contributed by atoms with van der Waals surface area (Å²) in [5.41, 5.74) is 0.656. The molecule has 0 aliphatic rings.